The number of fused-ring (bicyclic) bond motifs is 1. The molecule has 3 rings (SSSR count). The van der Waals surface area contributed by atoms with Crippen LogP contribution in [0.15, 0.2) is 47.4 Å². The number of nitrogens with zero attached hydrogens (tertiary/aromatic N) is 1. The summed E-state index contributed by atoms with van der Waals surface area (Å²) in [4.78, 5) is 0.0152. The average Bonchev–Trinajstić information content (AvgIpc) is 2.70. The van der Waals surface area contributed by atoms with Crippen LogP contribution in [0.2, 0.25) is 0 Å². The zero-order chi connectivity index (χ0) is 16.6. The van der Waals surface area contributed by atoms with Gasteiger partial charge in [0.1, 0.15) is 5.82 Å². The topological polar surface area (TPSA) is 49.4 Å². The van der Waals surface area contributed by atoms with E-state index in [0.717, 1.165) is 11.6 Å². The van der Waals surface area contributed by atoms with Gasteiger partial charge < -0.3 is 5.32 Å². The van der Waals surface area contributed by atoms with Crippen molar-refractivity contribution in [1.82, 2.24) is 5.32 Å². The number of nitrogens with one attached hydrogen (secondary N) is 1. The molecule has 0 saturated heterocycles. The number of rotatable bonds is 2. The fourth-order valence-corrected chi connectivity index (χ4v) is 4.63. The Morgan fingerprint density at radius 2 is 1.96 bits per heavy atom. The van der Waals surface area contributed by atoms with Gasteiger partial charge in [-0.1, -0.05) is 24.3 Å². The summed E-state index contributed by atoms with van der Waals surface area (Å²) in [6.07, 6.45) is 0. The normalized spacial score (nSPS) is 18.4. The van der Waals surface area contributed by atoms with E-state index in [9.17, 15) is 12.8 Å². The summed E-state index contributed by atoms with van der Waals surface area (Å²) in [5, 5.41) is 3.30. The average molecular weight is 334 g/mol. The highest BCUT2D eigenvalue weighted by Gasteiger charge is 2.31. The fraction of sp³-hybridized carbons (Fsp3) is 0.294. The lowest BCUT2D eigenvalue weighted by Gasteiger charge is -2.26. The highest BCUT2D eigenvalue weighted by molar-refractivity contribution is 7.92. The van der Waals surface area contributed by atoms with Gasteiger partial charge >= 0.3 is 0 Å². The van der Waals surface area contributed by atoms with Crippen molar-refractivity contribution < 1.29 is 12.8 Å². The molecule has 0 aromatic heterocycles. The van der Waals surface area contributed by atoms with E-state index >= 15 is 0 Å². The molecular formula is C17H19FN2O2S. The first-order chi connectivity index (χ1) is 10.9. The van der Waals surface area contributed by atoms with Crippen molar-refractivity contribution in [2.75, 3.05) is 10.8 Å². The molecule has 1 unspecified atom stereocenters. The number of hydrogen-bond acceptors (Lipinski definition) is 3. The number of benzene rings is 2. The van der Waals surface area contributed by atoms with E-state index < -0.39 is 15.8 Å². The first kappa shape index (κ1) is 16.0. The molecule has 0 saturated carbocycles. The third-order valence-electron chi connectivity index (χ3n) is 4.06. The largest absolute Gasteiger partial charge is 0.308 e. The van der Waals surface area contributed by atoms with Crippen molar-refractivity contribution in [1.29, 1.82) is 0 Å². The highest BCUT2D eigenvalue weighted by atomic mass is 32.2. The van der Waals surface area contributed by atoms with Gasteiger partial charge in [-0.05, 0) is 43.2 Å². The van der Waals surface area contributed by atoms with Gasteiger partial charge in [0.25, 0.3) is 10.0 Å². The Kier molecular flexibility index (Phi) is 4.12. The molecule has 0 spiro atoms. The van der Waals surface area contributed by atoms with E-state index in [2.05, 4.69) is 5.32 Å². The Morgan fingerprint density at radius 1 is 1.22 bits per heavy atom. The summed E-state index contributed by atoms with van der Waals surface area (Å²) < 4.78 is 41.3. The molecule has 2 aromatic rings. The molecule has 122 valence electrons. The predicted molar refractivity (Wildman–Crippen MR) is 88.4 cm³/mol. The van der Waals surface area contributed by atoms with Crippen molar-refractivity contribution in [2.24, 2.45) is 0 Å². The summed E-state index contributed by atoms with van der Waals surface area (Å²) in [6.45, 7) is 4.52. The maximum Gasteiger partial charge on any atom is 0.264 e. The molecule has 1 N–H and O–H groups in total. The van der Waals surface area contributed by atoms with Crippen LogP contribution in [-0.2, 0) is 16.6 Å². The summed E-state index contributed by atoms with van der Waals surface area (Å²) in [5.74, 6) is -0.552. The second-order valence-electron chi connectivity index (χ2n) is 5.86. The van der Waals surface area contributed by atoms with Crippen LogP contribution in [0.4, 0.5) is 10.1 Å². The van der Waals surface area contributed by atoms with Gasteiger partial charge in [0.2, 0.25) is 0 Å². The van der Waals surface area contributed by atoms with Crippen LogP contribution >= 0.6 is 0 Å². The minimum absolute atomic E-state index is 0.00830. The zero-order valence-corrected chi connectivity index (χ0v) is 13.9. The minimum atomic E-state index is -3.83. The van der Waals surface area contributed by atoms with Crippen LogP contribution in [0.1, 0.15) is 18.1 Å². The molecule has 0 aliphatic carbocycles. The molecule has 0 fully saturated rings. The molecule has 0 amide bonds. The lowest BCUT2D eigenvalue weighted by molar-refractivity contribution is 0.554. The molecule has 0 radical (unpaired) electrons. The molecule has 4 nitrogen and oxygen atoms in total. The van der Waals surface area contributed by atoms with Crippen LogP contribution in [0.25, 0.3) is 0 Å². The van der Waals surface area contributed by atoms with Crippen molar-refractivity contribution in [3.05, 3.63) is 59.4 Å². The monoisotopic (exact) mass is 334 g/mol. The molecule has 1 aliphatic heterocycles. The Morgan fingerprint density at radius 3 is 2.74 bits per heavy atom. The first-order valence-corrected chi connectivity index (χ1v) is 8.94. The number of anilines is 1. The SMILES string of the molecule is Cc1ccc(F)cc1S(=O)(=O)N1CC(C)NCc2ccccc21. The fourth-order valence-electron chi connectivity index (χ4n) is 2.80. The lowest BCUT2D eigenvalue weighted by Crippen LogP contribution is -2.40. The standard InChI is InChI=1S/C17H19FN2O2S/c1-12-7-8-15(18)9-17(12)23(21,22)20-11-13(2)19-10-14-5-3-4-6-16(14)20/h3-9,13,19H,10-11H2,1-2H3. The summed E-state index contributed by atoms with van der Waals surface area (Å²) in [7, 11) is -3.83. The van der Waals surface area contributed by atoms with Crippen LogP contribution in [0.5, 0.6) is 0 Å². The van der Waals surface area contributed by atoms with Crippen molar-refractivity contribution in [3.8, 4) is 0 Å². The summed E-state index contributed by atoms with van der Waals surface area (Å²) in [5.41, 5.74) is 2.09. The van der Waals surface area contributed by atoms with Gasteiger partial charge in [0.15, 0.2) is 0 Å². The number of hydrogen-bond donors (Lipinski definition) is 1. The van der Waals surface area contributed by atoms with Crippen molar-refractivity contribution in [3.63, 3.8) is 0 Å². The van der Waals surface area contributed by atoms with E-state index in [1.165, 1.54) is 16.4 Å². The van der Waals surface area contributed by atoms with Gasteiger partial charge in [-0.2, -0.15) is 0 Å². The maximum atomic E-state index is 13.6. The minimum Gasteiger partial charge on any atom is -0.308 e. The molecule has 1 aliphatic rings. The maximum absolute atomic E-state index is 13.6. The van der Waals surface area contributed by atoms with E-state index in [1.54, 1.807) is 13.0 Å². The third-order valence-corrected chi connectivity index (χ3v) is 5.98. The Bertz CT molecular complexity index is 836. The lowest BCUT2D eigenvalue weighted by atomic mass is 10.2. The number of halogens is 1. The van der Waals surface area contributed by atoms with Crippen LogP contribution in [-0.4, -0.2) is 21.0 Å². The van der Waals surface area contributed by atoms with Crippen molar-refractivity contribution >= 4 is 15.7 Å². The van der Waals surface area contributed by atoms with Gasteiger partial charge in [-0.15, -0.1) is 0 Å². The number of para-hydroxylation sites is 1. The third kappa shape index (κ3) is 2.96. The van der Waals surface area contributed by atoms with Gasteiger partial charge in [0.05, 0.1) is 10.6 Å². The van der Waals surface area contributed by atoms with Gasteiger partial charge in [-0.25, -0.2) is 12.8 Å². The second kappa shape index (κ2) is 5.94. The molecule has 6 heteroatoms. The number of sulfonamides is 1. The van der Waals surface area contributed by atoms with E-state index in [4.69, 9.17) is 0 Å². The van der Waals surface area contributed by atoms with Gasteiger partial charge in [0, 0.05) is 19.1 Å². The van der Waals surface area contributed by atoms with Crippen molar-refractivity contribution in [2.45, 2.75) is 31.3 Å². The zero-order valence-electron chi connectivity index (χ0n) is 13.1. The summed E-state index contributed by atoms with van der Waals surface area (Å²) in [6, 6.07) is 11.2. The van der Waals surface area contributed by atoms with Crippen LogP contribution in [0, 0.1) is 12.7 Å². The van der Waals surface area contributed by atoms with Gasteiger partial charge in [-0.3, -0.25) is 4.31 Å². The van der Waals surface area contributed by atoms with Crippen LogP contribution in [0.3, 0.4) is 0 Å². The quantitative estimate of drug-likeness (QED) is 0.919. The molecule has 1 heterocycles. The predicted octanol–water partition coefficient (Wildman–Crippen LogP) is 2.82. The Hall–Kier alpha value is -1.92. The number of aryl methyl sites for hydroxylation is 1. The van der Waals surface area contributed by atoms with E-state index in [0.29, 0.717) is 24.3 Å². The van der Waals surface area contributed by atoms with E-state index in [-0.39, 0.29) is 10.9 Å². The summed E-state index contributed by atoms with van der Waals surface area (Å²) >= 11 is 0. The molecular weight excluding hydrogens is 315 g/mol. The van der Waals surface area contributed by atoms with Crippen LogP contribution < -0.4 is 9.62 Å². The smallest absolute Gasteiger partial charge is 0.264 e. The van der Waals surface area contributed by atoms with E-state index in [1.807, 2.05) is 25.1 Å². The molecule has 1 atom stereocenters. The Balaban J connectivity index is 2.17. The molecule has 2 aromatic carbocycles. The highest BCUT2D eigenvalue weighted by Crippen LogP contribution is 2.30. The molecule has 0 bridgehead atoms. The first-order valence-electron chi connectivity index (χ1n) is 7.50. The second-order valence-corrected chi connectivity index (χ2v) is 7.69. The molecule has 23 heavy (non-hydrogen) atoms. The Labute approximate surface area is 136 Å².